The van der Waals surface area contributed by atoms with Gasteiger partial charge < -0.3 is 0 Å². The molecule has 0 N–H and O–H groups in total. The first-order chi connectivity index (χ1) is 24.0. The van der Waals surface area contributed by atoms with Crippen LogP contribution in [0.3, 0.4) is 0 Å². The lowest BCUT2D eigenvalue weighted by atomic mass is 9.74. The lowest BCUT2D eigenvalue weighted by molar-refractivity contribution is 0.623. The molecule has 0 aliphatic heterocycles. The average molecular weight is 630 g/mol. The minimum Gasteiger partial charge on any atom is -0.261 e. The molecule has 236 valence electrons. The lowest BCUT2D eigenvalue weighted by Gasteiger charge is -2.30. The van der Waals surface area contributed by atoms with Crippen molar-refractivity contribution in [3.05, 3.63) is 198 Å². The number of pyridine rings is 1. The van der Waals surface area contributed by atoms with Crippen LogP contribution in [-0.4, -0.2) is 4.98 Å². The highest BCUT2D eigenvalue weighted by molar-refractivity contribution is 6.21. The van der Waals surface area contributed by atoms with Gasteiger partial charge in [-0.25, -0.2) is 0 Å². The van der Waals surface area contributed by atoms with E-state index in [0.29, 0.717) is 0 Å². The Balaban J connectivity index is 1.29. The highest BCUT2D eigenvalue weighted by Crippen LogP contribution is 2.45. The van der Waals surface area contributed by atoms with Gasteiger partial charge in [-0.1, -0.05) is 166 Å². The van der Waals surface area contributed by atoms with Crippen molar-refractivity contribution in [3.8, 4) is 33.4 Å². The summed E-state index contributed by atoms with van der Waals surface area (Å²) in [5, 5.41) is 5.06. The number of rotatable bonds is 7. The van der Waals surface area contributed by atoms with E-state index in [4.69, 9.17) is 4.98 Å². The molecule has 0 aliphatic carbocycles. The number of aryl methyl sites for hydroxylation is 1. The molecule has 1 nitrogen and oxygen atoms in total. The standard InChI is InChI=1S/C48H39N/c1-33-24-25-38(32-44(33)48(2,3)43-23-14-30-49-45(43)31-34-15-6-4-7-16-34)47-41-21-12-10-19-39(41)46(40-20-11-13-22-42(40)47)37-28-26-36(27-29-37)35-17-8-5-9-18-35/h4-30,32H,31H2,1-3H3. The van der Waals surface area contributed by atoms with Gasteiger partial charge in [0.05, 0.1) is 0 Å². The first-order valence-electron chi connectivity index (χ1n) is 17.2. The number of hydrogen-bond donors (Lipinski definition) is 0. The molecule has 0 saturated heterocycles. The Kier molecular flexibility index (Phi) is 7.90. The molecule has 0 amide bonds. The van der Waals surface area contributed by atoms with E-state index < -0.39 is 0 Å². The van der Waals surface area contributed by atoms with E-state index in [-0.39, 0.29) is 5.41 Å². The van der Waals surface area contributed by atoms with Crippen molar-refractivity contribution in [2.75, 3.05) is 0 Å². The van der Waals surface area contributed by atoms with Gasteiger partial charge in [0.1, 0.15) is 0 Å². The van der Waals surface area contributed by atoms with Crippen molar-refractivity contribution in [3.63, 3.8) is 0 Å². The number of aromatic nitrogens is 1. The third-order valence-corrected chi connectivity index (χ3v) is 10.2. The SMILES string of the molecule is Cc1ccc(-c2c3ccccc3c(-c3ccc(-c4ccccc4)cc3)c3ccccc23)cc1C(C)(C)c1cccnc1Cc1ccccc1. The second-order valence-electron chi connectivity index (χ2n) is 13.6. The van der Waals surface area contributed by atoms with E-state index in [2.05, 4.69) is 185 Å². The fourth-order valence-electron chi connectivity index (χ4n) is 7.74. The summed E-state index contributed by atoms with van der Waals surface area (Å²) in [5.74, 6) is 0. The van der Waals surface area contributed by atoms with Crippen LogP contribution in [0.1, 0.15) is 41.8 Å². The minimum absolute atomic E-state index is 0.259. The summed E-state index contributed by atoms with van der Waals surface area (Å²) >= 11 is 0. The molecule has 0 unspecified atom stereocenters. The summed E-state index contributed by atoms with van der Waals surface area (Å²) in [6.45, 7) is 6.94. The number of fused-ring (bicyclic) bond motifs is 2. The summed E-state index contributed by atoms with van der Waals surface area (Å²) in [5.41, 5.74) is 13.5. The predicted octanol–water partition coefficient (Wildman–Crippen LogP) is 12.6. The van der Waals surface area contributed by atoms with Crippen LogP contribution in [-0.2, 0) is 11.8 Å². The molecule has 49 heavy (non-hydrogen) atoms. The highest BCUT2D eigenvalue weighted by atomic mass is 14.7. The molecule has 0 atom stereocenters. The van der Waals surface area contributed by atoms with E-state index in [9.17, 15) is 0 Å². The van der Waals surface area contributed by atoms with Gasteiger partial charge in [-0.3, -0.25) is 4.98 Å². The Morgan fingerprint density at radius 2 is 0.939 bits per heavy atom. The Bertz CT molecular complexity index is 2360. The normalized spacial score (nSPS) is 11.7. The molecule has 1 heterocycles. The van der Waals surface area contributed by atoms with Gasteiger partial charge in [0.25, 0.3) is 0 Å². The van der Waals surface area contributed by atoms with Crippen molar-refractivity contribution in [1.29, 1.82) is 0 Å². The van der Waals surface area contributed by atoms with Crippen molar-refractivity contribution >= 4 is 21.5 Å². The Morgan fingerprint density at radius 1 is 0.449 bits per heavy atom. The van der Waals surface area contributed by atoms with Crippen molar-refractivity contribution in [2.24, 2.45) is 0 Å². The highest BCUT2D eigenvalue weighted by Gasteiger charge is 2.29. The van der Waals surface area contributed by atoms with Crippen LogP contribution in [0.2, 0.25) is 0 Å². The Morgan fingerprint density at radius 3 is 1.55 bits per heavy atom. The maximum Gasteiger partial charge on any atom is 0.0488 e. The van der Waals surface area contributed by atoms with Gasteiger partial charge in [-0.15, -0.1) is 0 Å². The Labute approximate surface area is 289 Å². The fraction of sp³-hybridized carbons (Fsp3) is 0.104. The van der Waals surface area contributed by atoms with Crippen molar-refractivity contribution in [1.82, 2.24) is 4.98 Å². The van der Waals surface area contributed by atoms with Gasteiger partial charge >= 0.3 is 0 Å². The van der Waals surface area contributed by atoms with Crippen LogP contribution in [0.15, 0.2) is 170 Å². The topological polar surface area (TPSA) is 12.9 Å². The molecule has 0 aliphatic rings. The van der Waals surface area contributed by atoms with Crippen LogP contribution < -0.4 is 0 Å². The molecule has 1 heteroatoms. The molecule has 1 aromatic heterocycles. The summed E-state index contributed by atoms with van der Waals surface area (Å²) in [7, 11) is 0. The molecule has 0 radical (unpaired) electrons. The van der Waals surface area contributed by atoms with Gasteiger partial charge in [-0.2, -0.15) is 0 Å². The van der Waals surface area contributed by atoms with Crippen LogP contribution in [0, 0.1) is 6.92 Å². The first-order valence-corrected chi connectivity index (χ1v) is 17.2. The second kappa shape index (κ2) is 12.7. The van der Waals surface area contributed by atoms with Crippen LogP contribution in [0.5, 0.6) is 0 Å². The van der Waals surface area contributed by atoms with E-state index in [1.165, 1.54) is 77.2 Å². The molecule has 0 bridgehead atoms. The zero-order valence-electron chi connectivity index (χ0n) is 28.3. The third-order valence-electron chi connectivity index (χ3n) is 10.2. The molecule has 0 spiro atoms. The number of hydrogen-bond acceptors (Lipinski definition) is 1. The zero-order chi connectivity index (χ0) is 33.4. The van der Waals surface area contributed by atoms with Crippen LogP contribution in [0.25, 0.3) is 54.9 Å². The van der Waals surface area contributed by atoms with E-state index in [0.717, 1.165) is 12.1 Å². The smallest absolute Gasteiger partial charge is 0.0488 e. The van der Waals surface area contributed by atoms with Gasteiger partial charge in [-0.05, 0) is 96.2 Å². The predicted molar refractivity (Wildman–Crippen MR) is 208 cm³/mol. The summed E-state index contributed by atoms with van der Waals surface area (Å²) in [4.78, 5) is 4.92. The first kappa shape index (κ1) is 30.5. The molecular weight excluding hydrogens is 591 g/mol. The van der Waals surface area contributed by atoms with E-state index in [1.807, 2.05) is 6.20 Å². The molecule has 0 saturated carbocycles. The third kappa shape index (κ3) is 5.62. The minimum atomic E-state index is -0.259. The molecule has 8 rings (SSSR count). The van der Waals surface area contributed by atoms with Crippen LogP contribution >= 0.6 is 0 Å². The fourth-order valence-corrected chi connectivity index (χ4v) is 7.74. The largest absolute Gasteiger partial charge is 0.261 e. The van der Waals surface area contributed by atoms with Gasteiger partial charge in [0.15, 0.2) is 0 Å². The number of benzene rings is 7. The molecular formula is C48H39N. The summed E-state index contributed by atoms with van der Waals surface area (Å²) < 4.78 is 0. The van der Waals surface area contributed by atoms with E-state index in [1.54, 1.807) is 0 Å². The van der Waals surface area contributed by atoms with E-state index >= 15 is 0 Å². The maximum atomic E-state index is 4.92. The lowest BCUT2D eigenvalue weighted by Crippen LogP contribution is -2.23. The van der Waals surface area contributed by atoms with Crippen molar-refractivity contribution in [2.45, 2.75) is 32.6 Å². The monoisotopic (exact) mass is 629 g/mol. The molecule has 8 aromatic rings. The molecule has 7 aromatic carbocycles. The Hall–Kier alpha value is -5.79. The quantitative estimate of drug-likeness (QED) is 0.160. The van der Waals surface area contributed by atoms with Gasteiger partial charge in [0, 0.05) is 23.7 Å². The summed E-state index contributed by atoms with van der Waals surface area (Å²) in [6.07, 6.45) is 2.73. The van der Waals surface area contributed by atoms with Crippen molar-refractivity contribution < 1.29 is 0 Å². The van der Waals surface area contributed by atoms with Gasteiger partial charge in [0.2, 0.25) is 0 Å². The molecule has 0 fully saturated rings. The van der Waals surface area contributed by atoms with Crippen LogP contribution in [0.4, 0.5) is 0 Å². The second-order valence-corrected chi connectivity index (χ2v) is 13.6. The zero-order valence-corrected chi connectivity index (χ0v) is 28.3. The average Bonchev–Trinajstić information content (AvgIpc) is 3.15. The maximum absolute atomic E-state index is 4.92. The summed E-state index contributed by atoms with van der Waals surface area (Å²) in [6, 6.07) is 59.6. The number of nitrogens with zero attached hydrogens (tertiary/aromatic N) is 1.